The smallest absolute Gasteiger partial charge is 0.291 e. The van der Waals surface area contributed by atoms with Crippen molar-refractivity contribution in [1.29, 1.82) is 10.8 Å². The molecule has 0 aliphatic carbocycles. The number of aromatic amines is 1. The minimum atomic E-state index is -0.587. The number of rotatable bonds is 4. The average molecular weight is 434 g/mol. The number of ether oxygens (including phenoxy) is 1. The topological polar surface area (TPSA) is 115 Å². The van der Waals surface area contributed by atoms with Crippen LogP contribution in [0.5, 0.6) is 0 Å². The SMILES string of the molecule is CCCC(=N)n1c(=N)c(=O)[nH]c2cc(C(=O)N3CCOC(c4ccccc4)C3)c(C)cc21. The molecule has 0 spiro atoms. The van der Waals surface area contributed by atoms with Crippen molar-refractivity contribution < 1.29 is 9.53 Å². The van der Waals surface area contributed by atoms with Gasteiger partial charge in [0.2, 0.25) is 0 Å². The summed E-state index contributed by atoms with van der Waals surface area (Å²) in [5.41, 5.74) is 2.37. The van der Waals surface area contributed by atoms with Crippen LogP contribution in [0, 0.1) is 17.7 Å². The van der Waals surface area contributed by atoms with Crippen LogP contribution in [0.2, 0.25) is 0 Å². The van der Waals surface area contributed by atoms with E-state index in [4.69, 9.17) is 15.6 Å². The third kappa shape index (κ3) is 4.01. The number of carbonyl (C=O) groups excluding carboxylic acids is 1. The van der Waals surface area contributed by atoms with Crippen molar-refractivity contribution in [2.24, 2.45) is 0 Å². The van der Waals surface area contributed by atoms with Crippen molar-refractivity contribution in [2.75, 3.05) is 19.7 Å². The number of hydrogen-bond donors (Lipinski definition) is 3. The first kappa shape index (κ1) is 21.7. The van der Waals surface area contributed by atoms with E-state index in [-0.39, 0.29) is 23.3 Å². The summed E-state index contributed by atoms with van der Waals surface area (Å²) < 4.78 is 7.25. The van der Waals surface area contributed by atoms with Crippen LogP contribution in [-0.2, 0) is 4.74 Å². The Morgan fingerprint density at radius 3 is 2.72 bits per heavy atom. The standard InChI is InChI=1S/C24H27N5O3/c1-3-7-21(25)29-19-12-15(2)17(13-18(19)27-23(30)22(29)26)24(31)28-10-11-32-20(14-28)16-8-5-4-6-9-16/h4-6,8-9,12-13,20,25-26H,3,7,10-11,14H2,1-2H3,(H,27,30). The van der Waals surface area contributed by atoms with Gasteiger partial charge < -0.3 is 14.6 Å². The van der Waals surface area contributed by atoms with Crippen LogP contribution in [0.25, 0.3) is 11.0 Å². The Hall–Kier alpha value is -3.52. The van der Waals surface area contributed by atoms with Crippen molar-refractivity contribution in [3.8, 4) is 0 Å². The van der Waals surface area contributed by atoms with E-state index in [1.165, 1.54) is 4.57 Å². The van der Waals surface area contributed by atoms with E-state index >= 15 is 0 Å². The molecule has 8 nitrogen and oxygen atoms in total. The molecule has 0 radical (unpaired) electrons. The van der Waals surface area contributed by atoms with Crippen molar-refractivity contribution in [1.82, 2.24) is 14.5 Å². The fourth-order valence-corrected chi connectivity index (χ4v) is 4.11. The summed E-state index contributed by atoms with van der Waals surface area (Å²) in [6, 6.07) is 13.3. The molecule has 2 aromatic carbocycles. The van der Waals surface area contributed by atoms with Crippen molar-refractivity contribution >= 4 is 22.8 Å². The molecule has 0 saturated carbocycles. The van der Waals surface area contributed by atoms with E-state index in [1.807, 2.05) is 44.2 Å². The number of H-pyrrole nitrogens is 1. The average Bonchev–Trinajstić information content (AvgIpc) is 2.80. The molecular weight excluding hydrogens is 406 g/mol. The van der Waals surface area contributed by atoms with Crippen LogP contribution < -0.4 is 11.0 Å². The number of amides is 1. The Bertz CT molecular complexity index is 1290. The number of fused-ring (bicyclic) bond motifs is 1. The van der Waals surface area contributed by atoms with E-state index in [1.54, 1.807) is 17.0 Å². The van der Waals surface area contributed by atoms with Crippen LogP contribution in [0.1, 0.15) is 47.4 Å². The van der Waals surface area contributed by atoms with Gasteiger partial charge in [0.15, 0.2) is 5.49 Å². The number of benzene rings is 2. The van der Waals surface area contributed by atoms with Gasteiger partial charge in [0.25, 0.3) is 11.5 Å². The minimum Gasteiger partial charge on any atom is -0.370 e. The molecule has 1 amide bonds. The fraction of sp³-hybridized carbons (Fsp3) is 0.333. The zero-order chi connectivity index (χ0) is 22.8. The molecule has 1 aliphatic rings. The summed E-state index contributed by atoms with van der Waals surface area (Å²) >= 11 is 0. The Kier molecular flexibility index (Phi) is 6.05. The summed E-state index contributed by atoms with van der Waals surface area (Å²) in [6.45, 7) is 5.17. The maximum absolute atomic E-state index is 13.4. The number of morpholine rings is 1. The number of carbonyl (C=O) groups is 1. The Balaban J connectivity index is 1.71. The van der Waals surface area contributed by atoms with Gasteiger partial charge in [0, 0.05) is 18.5 Å². The normalized spacial score (nSPS) is 16.3. The lowest BCUT2D eigenvalue weighted by atomic mass is 10.0. The second kappa shape index (κ2) is 8.92. The highest BCUT2D eigenvalue weighted by Crippen LogP contribution is 2.25. The molecule has 1 fully saturated rings. The molecule has 4 rings (SSSR count). The van der Waals surface area contributed by atoms with Crippen LogP contribution in [-0.4, -0.2) is 45.9 Å². The molecular formula is C24H27N5O3. The molecule has 1 atom stereocenters. The van der Waals surface area contributed by atoms with E-state index < -0.39 is 5.56 Å². The van der Waals surface area contributed by atoms with Crippen LogP contribution in [0.4, 0.5) is 0 Å². The molecule has 1 saturated heterocycles. The second-order valence-corrected chi connectivity index (χ2v) is 8.04. The highest BCUT2D eigenvalue weighted by atomic mass is 16.5. The molecule has 166 valence electrons. The predicted molar refractivity (Wildman–Crippen MR) is 122 cm³/mol. The van der Waals surface area contributed by atoms with Crippen molar-refractivity contribution in [3.05, 3.63) is 75.0 Å². The number of nitrogens with one attached hydrogen (secondary N) is 3. The second-order valence-electron chi connectivity index (χ2n) is 8.04. The molecule has 2 heterocycles. The highest BCUT2D eigenvalue weighted by Gasteiger charge is 2.27. The highest BCUT2D eigenvalue weighted by molar-refractivity contribution is 6.00. The van der Waals surface area contributed by atoms with Gasteiger partial charge in [-0.15, -0.1) is 0 Å². The quantitative estimate of drug-likeness (QED) is 0.434. The van der Waals surface area contributed by atoms with Gasteiger partial charge in [-0.05, 0) is 36.6 Å². The van der Waals surface area contributed by atoms with Gasteiger partial charge in [-0.25, -0.2) is 0 Å². The lowest BCUT2D eigenvalue weighted by Crippen LogP contribution is -2.42. The zero-order valence-electron chi connectivity index (χ0n) is 18.3. The lowest BCUT2D eigenvalue weighted by Gasteiger charge is -2.33. The fourth-order valence-electron chi connectivity index (χ4n) is 4.11. The molecule has 0 bridgehead atoms. The van der Waals surface area contributed by atoms with Crippen LogP contribution in [0.3, 0.4) is 0 Å². The van der Waals surface area contributed by atoms with E-state index in [0.29, 0.717) is 42.7 Å². The van der Waals surface area contributed by atoms with Crippen LogP contribution >= 0.6 is 0 Å². The summed E-state index contributed by atoms with van der Waals surface area (Å²) in [6.07, 6.45) is 0.995. The molecule has 8 heteroatoms. The Labute approximate surface area is 185 Å². The summed E-state index contributed by atoms with van der Waals surface area (Å²) in [4.78, 5) is 30.2. The third-order valence-corrected chi connectivity index (χ3v) is 5.78. The molecule has 1 unspecified atom stereocenters. The van der Waals surface area contributed by atoms with Gasteiger partial charge in [-0.2, -0.15) is 0 Å². The molecule has 1 aromatic heterocycles. The molecule has 3 aromatic rings. The Morgan fingerprint density at radius 2 is 2.00 bits per heavy atom. The summed E-state index contributed by atoms with van der Waals surface area (Å²) in [7, 11) is 0. The van der Waals surface area contributed by atoms with Gasteiger partial charge >= 0.3 is 0 Å². The maximum atomic E-state index is 13.4. The molecule has 1 aliphatic heterocycles. The van der Waals surface area contributed by atoms with Gasteiger partial charge in [0.1, 0.15) is 11.9 Å². The first-order valence-electron chi connectivity index (χ1n) is 10.8. The number of aryl methyl sites for hydroxylation is 1. The number of nitrogens with zero attached hydrogens (tertiary/aromatic N) is 2. The van der Waals surface area contributed by atoms with Gasteiger partial charge in [0.05, 0.1) is 24.2 Å². The molecule has 32 heavy (non-hydrogen) atoms. The van der Waals surface area contributed by atoms with E-state index in [9.17, 15) is 9.59 Å². The Morgan fingerprint density at radius 1 is 1.25 bits per heavy atom. The molecule has 3 N–H and O–H groups in total. The van der Waals surface area contributed by atoms with Crippen molar-refractivity contribution in [3.63, 3.8) is 0 Å². The number of aromatic nitrogens is 2. The van der Waals surface area contributed by atoms with Crippen molar-refractivity contribution in [2.45, 2.75) is 32.8 Å². The first-order chi connectivity index (χ1) is 15.4. The largest absolute Gasteiger partial charge is 0.370 e. The third-order valence-electron chi connectivity index (χ3n) is 5.78. The predicted octanol–water partition coefficient (Wildman–Crippen LogP) is 2.96. The minimum absolute atomic E-state index is 0.125. The van der Waals surface area contributed by atoms with Gasteiger partial charge in [-0.1, -0.05) is 37.3 Å². The van der Waals surface area contributed by atoms with Gasteiger partial charge in [-0.3, -0.25) is 25.0 Å². The first-order valence-corrected chi connectivity index (χ1v) is 10.8. The zero-order valence-corrected chi connectivity index (χ0v) is 18.3. The van der Waals surface area contributed by atoms with Crippen LogP contribution in [0.15, 0.2) is 47.3 Å². The monoisotopic (exact) mass is 433 g/mol. The maximum Gasteiger partial charge on any atom is 0.291 e. The van der Waals surface area contributed by atoms with E-state index in [0.717, 1.165) is 17.5 Å². The summed E-state index contributed by atoms with van der Waals surface area (Å²) in [5.74, 6) is 0.0607. The number of hydrogen-bond acceptors (Lipinski definition) is 5. The van der Waals surface area contributed by atoms with E-state index in [2.05, 4.69) is 4.98 Å². The summed E-state index contributed by atoms with van der Waals surface area (Å²) in [5, 5.41) is 16.5. The lowest BCUT2D eigenvalue weighted by molar-refractivity contribution is -0.0228.